The minimum atomic E-state index is -4.80. The van der Waals surface area contributed by atoms with Gasteiger partial charge in [0.2, 0.25) is 5.60 Å². The molecule has 5 nitrogen and oxygen atoms in total. The van der Waals surface area contributed by atoms with Gasteiger partial charge in [0.15, 0.2) is 0 Å². The van der Waals surface area contributed by atoms with E-state index >= 15 is 0 Å². The third-order valence-corrected chi connectivity index (χ3v) is 4.67. The molecule has 160 valence electrons. The Morgan fingerprint density at radius 2 is 1.93 bits per heavy atom. The maximum absolute atomic E-state index is 14.4. The molecular formula is C19H14ClF5N2O3. The molecule has 0 saturated heterocycles. The van der Waals surface area contributed by atoms with E-state index in [0.717, 1.165) is 12.1 Å². The fourth-order valence-electron chi connectivity index (χ4n) is 2.82. The molecule has 1 aliphatic rings. The van der Waals surface area contributed by atoms with Crippen molar-refractivity contribution in [1.82, 2.24) is 4.98 Å². The van der Waals surface area contributed by atoms with E-state index in [-0.39, 0.29) is 35.4 Å². The standard InChI is InChI=1S/C19H14ClF5N2O3/c1-3-29-17(28)18(2)7-15(27-30-18)10-5-11(13(21)6-12(10)20)16-14(22)4-9(8-26-16)19(23,24)25/h4-6,8H,3,7H2,1-2H3. The first-order chi connectivity index (χ1) is 14.0. The van der Waals surface area contributed by atoms with Gasteiger partial charge in [-0.3, -0.25) is 4.98 Å². The average Bonchev–Trinajstić information content (AvgIpc) is 3.05. The van der Waals surface area contributed by atoms with E-state index < -0.39 is 46.2 Å². The number of carbonyl (C=O) groups excluding carboxylic acids is 1. The number of alkyl halides is 3. The van der Waals surface area contributed by atoms with Crippen molar-refractivity contribution in [1.29, 1.82) is 0 Å². The molecule has 11 heteroatoms. The summed E-state index contributed by atoms with van der Waals surface area (Å²) in [5.41, 5.74) is -3.52. The van der Waals surface area contributed by atoms with Gasteiger partial charge in [-0.25, -0.2) is 13.6 Å². The highest BCUT2D eigenvalue weighted by Crippen LogP contribution is 2.36. The molecule has 0 N–H and O–H groups in total. The molecule has 2 aromatic rings. The Labute approximate surface area is 172 Å². The zero-order valence-corrected chi connectivity index (χ0v) is 16.4. The number of hydrogen-bond acceptors (Lipinski definition) is 5. The highest BCUT2D eigenvalue weighted by molar-refractivity contribution is 6.34. The van der Waals surface area contributed by atoms with Gasteiger partial charge in [-0.1, -0.05) is 16.8 Å². The summed E-state index contributed by atoms with van der Waals surface area (Å²) in [6, 6.07) is 2.17. The van der Waals surface area contributed by atoms with Crippen LogP contribution in [-0.4, -0.2) is 28.9 Å². The lowest BCUT2D eigenvalue weighted by Crippen LogP contribution is -2.37. The number of aromatic nitrogens is 1. The van der Waals surface area contributed by atoms with Gasteiger partial charge in [0.25, 0.3) is 0 Å². The predicted molar refractivity (Wildman–Crippen MR) is 96.9 cm³/mol. The number of oxime groups is 1. The second-order valence-electron chi connectivity index (χ2n) is 6.62. The lowest BCUT2D eigenvalue weighted by atomic mass is 9.94. The quantitative estimate of drug-likeness (QED) is 0.479. The summed E-state index contributed by atoms with van der Waals surface area (Å²) >= 11 is 6.07. The third kappa shape index (κ3) is 4.09. The molecule has 0 fully saturated rings. The number of nitrogens with zero attached hydrogens (tertiary/aromatic N) is 2. The van der Waals surface area contributed by atoms with Crippen LogP contribution in [0.25, 0.3) is 11.3 Å². The first-order valence-electron chi connectivity index (χ1n) is 8.61. The Bertz CT molecular complexity index is 1040. The van der Waals surface area contributed by atoms with Gasteiger partial charge < -0.3 is 9.57 Å². The Morgan fingerprint density at radius 1 is 1.23 bits per heavy atom. The van der Waals surface area contributed by atoms with Gasteiger partial charge in [0.1, 0.15) is 17.3 Å². The molecule has 0 amide bonds. The molecule has 2 heterocycles. The highest BCUT2D eigenvalue weighted by atomic mass is 35.5. The SMILES string of the molecule is CCOC(=O)C1(C)CC(c2cc(-c3ncc(C(F)(F)F)cc3F)c(F)cc2Cl)=NO1. The number of pyridine rings is 1. The Hall–Kier alpha value is -2.75. The Morgan fingerprint density at radius 3 is 2.53 bits per heavy atom. The normalized spacial score (nSPS) is 18.7. The average molecular weight is 449 g/mol. The smallest absolute Gasteiger partial charge is 0.417 e. The van der Waals surface area contributed by atoms with Crippen molar-refractivity contribution >= 4 is 23.3 Å². The predicted octanol–water partition coefficient (Wildman–Crippen LogP) is 5.15. The van der Waals surface area contributed by atoms with Crippen LogP contribution in [0.1, 0.15) is 31.4 Å². The van der Waals surface area contributed by atoms with E-state index in [1.54, 1.807) is 6.92 Å². The summed E-state index contributed by atoms with van der Waals surface area (Å²) in [6.07, 6.45) is -4.47. The minimum Gasteiger partial charge on any atom is -0.463 e. The number of rotatable bonds is 4. The largest absolute Gasteiger partial charge is 0.463 e. The van der Waals surface area contributed by atoms with Gasteiger partial charge in [-0.15, -0.1) is 0 Å². The van der Waals surface area contributed by atoms with Crippen LogP contribution in [0.4, 0.5) is 22.0 Å². The van der Waals surface area contributed by atoms with Crippen molar-refractivity contribution in [3.63, 3.8) is 0 Å². The van der Waals surface area contributed by atoms with Crippen LogP contribution in [0.5, 0.6) is 0 Å². The highest BCUT2D eigenvalue weighted by Gasteiger charge is 2.44. The van der Waals surface area contributed by atoms with Crippen LogP contribution in [0.15, 0.2) is 29.6 Å². The first-order valence-corrected chi connectivity index (χ1v) is 8.99. The van der Waals surface area contributed by atoms with Crippen LogP contribution in [0.3, 0.4) is 0 Å². The zero-order chi connectivity index (χ0) is 22.3. The van der Waals surface area contributed by atoms with Gasteiger partial charge in [-0.2, -0.15) is 13.2 Å². The number of carbonyl (C=O) groups is 1. The molecule has 1 atom stereocenters. The maximum atomic E-state index is 14.4. The molecule has 30 heavy (non-hydrogen) atoms. The van der Waals surface area contributed by atoms with Gasteiger partial charge in [0.05, 0.1) is 22.9 Å². The molecule has 1 unspecified atom stereocenters. The number of halogens is 6. The summed E-state index contributed by atoms with van der Waals surface area (Å²) < 4.78 is 71.8. The molecule has 0 aliphatic carbocycles. The number of hydrogen-bond donors (Lipinski definition) is 0. The molecule has 1 aliphatic heterocycles. The van der Waals surface area contributed by atoms with Crippen molar-refractivity contribution < 1.29 is 36.3 Å². The molecule has 0 saturated carbocycles. The number of esters is 1. The minimum absolute atomic E-state index is 0.0699. The van der Waals surface area contributed by atoms with Crippen LogP contribution in [-0.2, 0) is 20.5 Å². The summed E-state index contributed by atoms with van der Waals surface area (Å²) in [5.74, 6) is -3.03. The second kappa shape index (κ2) is 7.82. The van der Waals surface area contributed by atoms with Crippen LogP contribution in [0.2, 0.25) is 5.02 Å². The van der Waals surface area contributed by atoms with Crippen LogP contribution in [0, 0.1) is 11.6 Å². The van der Waals surface area contributed by atoms with Crippen molar-refractivity contribution in [3.8, 4) is 11.3 Å². The van der Waals surface area contributed by atoms with Crippen molar-refractivity contribution in [2.45, 2.75) is 32.0 Å². The fraction of sp³-hybridized carbons (Fsp3) is 0.316. The van der Waals surface area contributed by atoms with Gasteiger partial charge in [-0.05, 0) is 32.0 Å². The maximum Gasteiger partial charge on any atom is 0.417 e. The molecule has 0 bridgehead atoms. The number of ether oxygens (including phenoxy) is 1. The number of benzene rings is 1. The summed E-state index contributed by atoms with van der Waals surface area (Å²) in [7, 11) is 0. The first kappa shape index (κ1) is 21.9. The molecule has 3 rings (SSSR count). The topological polar surface area (TPSA) is 60.8 Å². The van der Waals surface area contributed by atoms with E-state index in [2.05, 4.69) is 10.1 Å². The molecule has 1 aromatic heterocycles. The lowest BCUT2D eigenvalue weighted by molar-refractivity contribution is -0.166. The third-order valence-electron chi connectivity index (χ3n) is 4.36. The molecule has 1 aromatic carbocycles. The summed E-state index contributed by atoms with van der Waals surface area (Å²) in [4.78, 5) is 20.7. The lowest BCUT2D eigenvalue weighted by Gasteiger charge is -2.18. The second-order valence-corrected chi connectivity index (χ2v) is 7.03. The van der Waals surface area contributed by atoms with Crippen molar-refractivity contribution in [2.75, 3.05) is 6.61 Å². The van der Waals surface area contributed by atoms with Gasteiger partial charge >= 0.3 is 12.1 Å². The van der Waals surface area contributed by atoms with Crippen molar-refractivity contribution in [2.24, 2.45) is 5.16 Å². The summed E-state index contributed by atoms with van der Waals surface area (Å²) in [6.45, 7) is 3.18. The van der Waals surface area contributed by atoms with E-state index in [1.165, 1.54) is 6.92 Å². The summed E-state index contributed by atoms with van der Waals surface area (Å²) in [5, 5.41) is 3.69. The van der Waals surface area contributed by atoms with E-state index in [4.69, 9.17) is 21.2 Å². The van der Waals surface area contributed by atoms with E-state index in [0.29, 0.717) is 6.20 Å². The zero-order valence-electron chi connectivity index (χ0n) is 15.6. The van der Waals surface area contributed by atoms with E-state index in [9.17, 15) is 26.7 Å². The van der Waals surface area contributed by atoms with Crippen LogP contribution < -0.4 is 0 Å². The molecular weight excluding hydrogens is 435 g/mol. The fourth-order valence-corrected chi connectivity index (χ4v) is 3.08. The monoisotopic (exact) mass is 448 g/mol. The Kier molecular flexibility index (Phi) is 5.72. The van der Waals surface area contributed by atoms with Gasteiger partial charge in [0, 0.05) is 23.7 Å². The van der Waals surface area contributed by atoms with Crippen molar-refractivity contribution in [3.05, 3.63) is 52.2 Å². The molecule has 0 spiro atoms. The van der Waals surface area contributed by atoms with Crippen LogP contribution >= 0.6 is 11.6 Å². The Balaban J connectivity index is 2.00. The van der Waals surface area contributed by atoms with E-state index in [1.807, 2.05) is 0 Å². The molecule has 0 radical (unpaired) electrons.